The van der Waals surface area contributed by atoms with E-state index in [2.05, 4.69) is 32.8 Å². The van der Waals surface area contributed by atoms with E-state index in [-0.39, 0.29) is 32.4 Å². The van der Waals surface area contributed by atoms with Gasteiger partial charge < -0.3 is 14.3 Å². The van der Waals surface area contributed by atoms with Crippen molar-refractivity contribution in [2.75, 3.05) is 55.1 Å². The number of carbonyl (C=O) groups excluding carboxylic acids is 1. The molecule has 6 nitrogen and oxygen atoms in total. The van der Waals surface area contributed by atoms with Gasteiger partial charge in [-0.05, 0) is 14.1 Å². The van der Waals surface area contributed by atoms with Gasteiger partial charge in [0.25, 0.3) is 0 Å². The molecule has 0 aromatic heterocycles. The molecule has 0 unspecified atom stereocenters. The Kier molecular flexibility index (Phi) is 18.2. The Labute approximate surface area is 120 Å². The van der Waals surface area contributed by atoms with E-state index in [0.717, 1.165) is 11.0 Å². The third kappa shape index (κ3) is 38.8. The van der Waals surface area contributed by atoms with Crippen LogP contribution in [-0.4, -0.2) is 75.6 Å². The van der Waals surface area contributed by atoms with Gasteiger partial charge in [-0.1, -0.05) is 0 Å². The van der Waals surface area contributed by atoms with Crippen LogP contribution in [0.1, 0.15) is 0 Å². The van der Waals surface area contributed by atoms with Crippen molar-refractivity contribution in [1.82, 2.24) is 4.90 Å². The van der Waals surface area contributed by atoms with Crippen molar-refractivity contribution in [3.8, 4) is 0 Å². The predicted octanol–water partition coefficient (Wildman–Crippen LogP) is -0.554. The van der Waals surface area contributed by atoms with Gasteiger partial charge in [0, 0.05) is 0 Å². The van der Waals surface area contributed by atoms with E-state index in [1.165, 1.54) is 0 Å². The molecule has 0 aromatic carbocycles. The molecule has 0 amide bonds. The van der Waals surface area contributed by atoms with Crippen LogP contribution in [0.25, 0.3) is 0 Å². The van der Waals surface area contributed by atoms with E-state index in [0.29, 0.717) is 6.73 Å². The second-order valence-corrected chi connectivity index (χ2v) is 4.46. The summed E-state index contributed by atoms with van der Waals surface area (Å²) >= 11 is -0.1000. The molecule has 0 aliphatic carbocycles. The number of esters is 1. The van der Waals surface area contributed by atoms with Crippen LogP contribution in [0.15, 0.2) is 0 Å². The summed E-state index contributed by atoms with van der Waals surface area (Å²) in [6.07, 6.45) is 0. The van der Waals surface area contributed by atoms with Crippen LogP contribution in [0.2, 0.25) is 0 Å². The number of ether oxygens (including phenoxy) is 1. The Morgan fingerprint density at radius 1 is 1.35 bits per heavy atom. The maximum absolute atomic E-state index is 9.99. The van der Waals surface area contributed by atoms with Gasteiger partial charge in [0.15, 0.2) is 5.97 Å². The molecule has 0 saturated carbocycles. The molecule has 0 heterocycles. The van der Waals surface area contributed by atoms with E-state index in [9.17, 15) is 4.79 Å². The van der Waals surface area contributed by atoms with E-state index >= 15 is 0 Å². The second kappa shape index (κ2) is 14.0. The molecule has 17 heavy (non-hydrogen) atoms. The predicted molar refractivity (Wildman–Crippen MR) is 60.7 cm³/mol. The number of hydrogen-bond acceptors (Lipinski definition) is 5. The van der Waals surface area contributed by atoms with E-state index in [4.69, 9.17) is 7.79 Å². The van der Waals surface area contributed by atoms with Gasteiger partial charge in [-0.15, -0.1) is 0 Å². The monoisotopic (exact) mass is 350 g/mol. The summed E-state index contributed by atoms with van der Waals surface area (Å²) in [5.74, 6) is -0.487. The molecule has 7 heteroatoms. The molecule has 0 aliphatic heterocycles. The second-order valence-electron chi connectivity index (χ2n) is 4.46. The summed E-state index contributed by atoms with van der Waals surface area (Å²) in [5, 5.41) is 8.39. The molecule has 0 bridgehead atoms. The summed E-state index contributed by atoms with van der Waals surface area (Å²) in [6.45, 7) is 4.45. The molecular formula is C10H24CdN2O4. The molecule has 0 radical (unpaired) electrons. The van der Waals surface area contributed by atoms with Crippen LogP contribution in [0.4, 0.5) is 0 Å². The van der Waals surface area contributed by atoms with Gasteiger partial charge in [0.1, 0.15) is 13.3 Å². The van der Waals surface area contributed by atoms with Crippen molar-refractivity contribution in [3.63, 3.8) is 0 Å². The molecule has 0 aliphatic rings. The third-order valence-electron chi connectivity index (χ3n) is 1.25. The van der Waals surface area contributed by atoms with Crippen LogP contribution < -0.4 is 0 Å². The Hall–Kier alpha value is -0.0579. The number of aliphatic hydroxyl groups is 1. The Morgan fingerprint density at radius 3 is 1.82 bits per heavy atom. The average molecular weight is 349 g/mol. The zero-order chi connectivity index (χ0) is 14.5. The number of carbonyl (C=O) groups is 1. The first kappa shape index (κ1) is 22.2. The van der Waals surface area contributed by atoms with Crippen LogP contribution in [0, 0.1) is 6.92 Å². The summed E-state index contributed by atoms with van der Waals surface area (Å²) in [5.41, 5.74) is 0. The molecule has 1 N–H and O–H groups in total. The van der Waals surface area contributed by atoms with Gasteiger partial charge >= 0.3 is 28.5 Å². The van der Waals surface area contributed by atoms with Crippen molar-refractivity contribution in [3.05, 3.63) is 6.92 Å². The summed E-state index contributed by atoms with van der Waals surface area (Å²) < 4.78 is 13.7. The normalized spacial score (nSPS) is 9.71. The van der Waals surface area contributed by atoms with Gasteiger partial charge in [-0.2, -0.15) is 0 Å². The zero-order valence-corrected chi connectivity index (χ0v) is 15.6. The third-order valence-corrected chi connectivity index (χ3v) is 1.25. The molecule has 0 rings (SSSR count). The quantitative estimate of drug-likeness (QED) is 0.243. The molecule has 0 saturated heterocycles. The fraction of sp³-hybridized carbons (Fsp3) is 0.800. The van der Waals surface area contributed by atoms with E-state index in [1.54, 1.807) is 4.90 Å². The summed E-state index contributed by atoms with van der Waals surface area (Å²) in [4.78, 5) is 11.7. The first-order chi connectivity index (χ1) is 7.69. The SMILES string of the molecule is C[N+](C)(C)CCO.[CH2-]C(=O)OCN(C)C.[O]=[Cd]. The molecule has 0 atom stereocenters. The van der Waals surface area contributed by atoms with Crippen molar-refractivity contribution >= 4 is 5.97 Å². The summed E-state index contributed by atoms with van der Waals surface area (Å²) in [7, 11) is 9.77. The zero-order valence-electron chi connectivity index (χ0n) is 11.6. The van der Waals surface area contributed by atoms with Crippen LogP contribution in [-0.2, 0) is 38.0 Å². The summed E-state index contributed by atoms with van der Waals surface area (Å²) in [6, 6.07) is 0. The maximum atomic E-state index is 9.99. The standard InChI is InChI=1S/C5H10NO2.C5H14NO.Cd.O/c1-5(7)8-4-6(2)3;1-6(2,3)4-5-7;;/h1,4H2,2-3H3;7H,4-5H2,1-3H3;;/q-1;+1;;. The van der Waals surface area contributed by atoms with Crippen molar-refractivity contribution in [1.29, 1.82) is 0 Å². The van der Waals surface area contributed by atoms with Crippen molar-refractivity contribution < 1.29 is 47.6 Å². The van der Waals surface area contributed by atoms with Gasteiger partial charge in [0.05, 0.1) is 27.7 Å². The number of likely N-dealkylation sites (N-methyl/N-ethyl adjacent to an activating group) is 1. The molecule has 0 aromatic rings. The molecule has 100 valence electrons. The van der Waals surface area contributed by atoms with Gasteiger partial charge in [-0.25, -0.2) is 0 Å². The average Bonchev–Trinajstić information content (AvgIpc) is 2.17. The van der Waals surface area contributed by atoms with Gasteiger partial charge in [0.2, 0.25) is 0 Å². The number of quaternary nitrogens is 1. The van der Waals surface area contributed by atoms with Crippen molar-refractivity contribution in [2.24, 2.45) is 0 Å². The van der Waals surface area contributed by atoms with Gasteiger partial charge in [-0.3, -0.25) is 16.6 Å². The minimum atomic E-state index is -0.487. The number of hydrogen-bond donors (Lipinski definition) is 1. The fourth-order valence-corrected chi connectivity index (χ4v) is 0.501. The van der Waals surface area contributed by atoms with Crippen LogP contribution >= 0.6 is 0 Å². The molecular weight excluding hydrogens is 325 g/mol. The topological polar surface area (TPSA) is 66.8 Å². The number of aliphatic hydroxyl groups excluding tert-OH is 1. The Balaban J connectivity index is -0.000000202. The number of nitrogens with zero attached hydrogens (tertiary/aromatic N) is 2. The van der Waals surface area contributed by atoms with Crippen LogP contribution in [0.5, 0.6) is 0 Å². The first-order valence-electron chi connectivity index (χ1n) is 5.02. The Morgan fingerprint density at radius 2 is 1.76 bits per heavy atom. The number of rotatable bonds is 4. The molecule has 0 spiro atoms. The first-order valence-corrected chi connectivity index (χ1v) is 6.67. The Bertz CT molecular complexity index is 184. The molecule has 0 fully saturated rings. The van der Waals surface area contributed by atoms with E-state index < -0.39 is 5.97 Å². The fourth-order valence-electron chi connectivity index (χ4n) is 0.501. The van der Waals surface area contributed by atoms with E-state index in [1.807, 2.05) is 14.1 Å². The van der Waals surface area contributed by atoms with Crippen LogP contribution in [0.3, 0.4) is 0 Å². The minimum absolute atomic E-state index is 0.1000. The van der Waals surface area contributed by atoms with Crippen molar-refractivity contribution in [2.45, 2.75) is 0 Å².